The molecule has 0 aliphatic rings. The van der Waals surface area contributed by atoms with Crippen LogP contribution in [0.25, 0.3) is 0 Å². The monoisotopic (exact) mass is 203 g/mol. The van der Waals surface area contributed by atoms with Crippen LogP contribution in [0.4, 0.5) is 0 Å². The predicted molar refractivity (Wildman–Crippen MR) is 36.0 cm³/mol. The van der Waals surface area contributed by atoms with Crippen LogP contribution < -0.4 is 5.09 Å². The van der Waals surface area contributed by atoms with Crippen molar-refractivity contribution in [1.29, 1.82) is 0 Å². The largest absolute Gasteiger partial charge is 0.290 e. The minimum atomic E-state index is 0.878. The first kappa shape index (κ1) is 6.12. The van der Waals surface area contributed by atoms with Crippen LogP contribution in [0.2, 0.25) is 0 Å². The molecular formula is C2H7INP. The lowest BCUT2D eigenvalue weighted by Crippen LogP contribution is -1.93. The highest BCUT2D eigenvalue weighted by Gasteiger charge is 1.64. The van der Waals surface area contributed by atoms with Gasteiger partial charge < -0.3 is 0 Å². The van der Waals surface area contributed by atoms with Crippen molar-refractivity contribution in [2.24, 2.45) is 0 Å². The number of hydrogen-bond donors (Lipinski definition) is 1. The van der Waals surface area contributed by atoms with E-state index in [0.29, 0.717) is 0 Å². The van der Waals surface area contributed by atoms with Crippen molar-refractivity contribution in [2.75, 3.05) is 6.54 Å². The fourth-order valence-electron chi connectivity index (χ4n) is 0.0668. The molecule has 1 nitrogen and oxygen atoms in total. The highest BCUT2D eigenvalue weighted by atomic mass is 127. The zero-order chi connectivity index (χ0) is 4.12. The molecule has 0 aliphatic carbocycles. The Bertz CT molecular complexity index is 17.1. The Labute approximate surface area is 47.2 Å². The second-order valence-corrected chi connectivity index (χ2v) is 2.79. The first-order chi connectivity index (χ1) is 2.41. The maximum atomic E-state index is 3.13. The van der Waals surface area contributed by atoms with E-state index in [-0.39, 0.29) is 0 Å². The van der Waals surface area contributed by atoms with E-state index in [0.717, 1.165) is 12.9 Å². The van der Waals surface area contributed by atoms with Gasteiger partial charge in [0.25, 0.3) is 0 Å². The Morgan fingerprint density at radius 1 is 2.00 bits per heavy atom. The molecule has 0 fully saturated rings. The molecule has 3 heteroatoms. The van der Waals surface area contributed by atoms with Gasteiger partial charge in [-0.3, -0.25) is 5.09 Å². The first-order valence-corrected chi connectivity index (χ1v) is 5.61. The molecule has 0 aromatic carbocycles. The Kier molecular flexibility index (Phi) is 6.27. The molecule has 0 radical (unpaired) electrons. The second kappa shape index (κ2) is 5.12. The molecule has 0 amide bonds. The Morgan fingerprint density at radius 3 is 2.60 bits per heavy atom. The molecule has 0 aromatic rings. The van der Waals surface area contributed by atoms with E-state index in [1.165, 1.54) is 0 Å². The van der Waals surface area contributed by atoms with Crippen molar-refractivity contribution >= 4 is 28.4 Å². The summed E-state index contributed by atoms with van der Waals surface area (Å²) in [7, 11) is 0. The van der Waals surface area contributed by atoms with E-state index in [4.69, 9.17) is 0 Å². The van der Waals surface area contributed by atoms with Gasteiger partial charge in [0, 0.05) is 6.37 Å². The van der Waals surface area contributed by atoms with Gasteiger partial charge >= 0.3 is 0 Å². The lowest BCUT2D eigenvalue weighted by atomic mass is 10.8. The molecule has 1 atom stereocenters. The summed E-state index contributed by atoms with van der Waals surface area (Å²) in [5.41, 5.74) is 0. The minimum absolute atomic E-state index is 0.878. The van der Waals surface area contributed by atoms with Crippen LogP contribution in [-0.2, 0) is 0 Å². The van der Waals surface area contributed by atoms with Crippen molar-refractivity contribution in [3.63, 3.8) is 0 Å². The van der Waals surface area contributed by atoms with Crippen molar-refractivity contribution in [3.05, 3.63) is 0 Å². The molecule has 32 valence electrons. The van der Waals surface area contributed by atoms with E-state index < -0.39 is 0 Å². The number of nitrogens with one attached hydrogen (secondary N) is 1. The quantitative estimate of drug-likeness (QED) is 0.530. The summed E-state index contributed by atoms with van der Waals surface area (Å²) in [4.78, 5) is 0. The van der Waals surface area contributed by atoms with Crippen LogP contribution in [-0.4, -0.2) is 6.54 Å². The highest BCUT2D eigenvalue weighted by Crippen LogP contribution is 2.12. The minimum Gasteiger partial charge on any atom is -0.290 e. The summed E-state index contributed by atoms with van der Waals surface area (Å²) in [6, 6.07) is 0. The molecule has 1 N–H and O–H groups in total. The summed E-state index contributed by atoms with van der Waals surface area (Å²) in [5, 5.41) is 3.13. The lowest BCUT2D eigenvalue weighted by Gasteiger charge is -1.84. The first-order valence-electron chi connectivity index (χ1n) is 1.50. The summed E-state index contributed by atoms with van der Waals surface area (Å²) >= 11 is 2.30. The smallest absolute Gasteiger partial charge is 0.0133 e. The summed E-state index contributed by atoms with van der Waals surface area (Å²) < 4.78 is 0. The van der Waals surface area contributed by atoms with Crippen molar-refractivity contribution in [2.45, 2.75) is 6.92 Å². The molecule has 0 bridgehead atoms. The topological polar surface area (TPSA) is 12.0 Å². The van der Waals surface area contributed by atoms with Crippen LogP contribution in [0.5, 0.6) is 0 Å². The van der Waals surface area contributed by atoms with Gasteiger partial charge in [-0.1, -0.05) is 6.92 Å². The number of hydrogen-bond acceptors (Lipinski definition) is 1. The highest BCUT2D eigenvalue weighted by molar-refractivity contribution is 14.2. The van der Waals surface area contributed by atoms with Crippen LogP contribution in [0, 0.1) is 0 Å². The maximum absolute atomic E-state index is 3.13. The van der Waals surface area contributed by atoms with E-state index in [9.17, 15) is 0 Å². The van der Waals surface area contributed by atoms with Crippen molar-refractivity contribution in [1.82, 2.24) is 5.09 Å². The second-order valence-electron chi connectivity index (χ2n) is 0.625. The molecule has 0 spiro atoms. The van der Waals surface area contributed by atoms with Gasteiger partial charge in [-0.15, -0.1) is 0 Å². The SMILES string of the molecule is CCNPI. The molecule has 1 unspecified atom stereocenters. The van der Waals surface area contributed by atoms with Gasteiger partial charge in [0.05, 0.1) is 0 Å². The zero-order valence-electron chi connectivity index (χ0n) is 3.09. The maximum Gasteiger partial charge on any atom is 0.0133 e. The lowest BCUT2D eigenvalue weighted by molar-refractivity contribution is 1.04. The molecule has 0 saturated carbocycles. The van der Waals surface area contributed by atoms with Gasteiger partial charge in [-0.2, -0.15) is 0 Å². The van der Waals surface area contributed by atoms with Crippen LogP contribution in [0.3, 0.4) is 0 Å². The third-order valence-corrected chi connectivity index (χ3v) is 1.87. The summed E-state index contributed by atoms with van der Waals surface area (Å²) in [6.45, 7) is 3.20. The Morgan fingerprint density at radius 2 is 2.60 bits per heavy atom. The van der Waals surface area contributed by atoms with Crippen LogP contribution in [0.1, 0.15) is 6.92 Å². The Hall–Kier alpha value is 1.12. The van der Waals surface area contributed by atoms with Crippen LogP contribution >= 0.6 is 28.4 Å². The standard InChI is InChI=1S/C2H7INP/c1-2-4-5-3/h4-5H,2H2,1H3. The average Bonchev–Trinajstić information content (AvgIpc) is 1.41. The van der Waals surface area contributed by atoms with E-state index in [2.05, 4.69) is 34.1 Å². The van der Waals surface area contributed by atoms with Gasteiger partial charge in [0.1, 0.15) is 0 Å². The normalized spacial score (nSPS) is 10.8. The molecule has 0 aliphatic heterocycles. The predicted octanol–water partition coefficient (Wildman–Crippen LogP) is 1.54. The number of rotatable bonds is 2. The molecule has 5 heavy (non-hydrogen) atoms. The van der Waals surface area contributed by atoms with E-state index >= 15 is 0 Å². The fraction of sp³-hybridized carbons (Fsp3) is 1.00. The van der Waals surface area contributed by atoms with E-state index in [1.54, 1.807) is 0 Å². The average molecular weight is 203 g/mol. The van der Waals surface area contributed by atoms with Gasteiger partial charge in [-0.05, 0) is 28.6 Å². The molecular weight excluding hydrogens is 196 g/mol. The zero-order valence-corrected chi connectivity index (χ0v) is 6.24. The van der Waals surface area contributed by atoms with Crippen molar-refractivity contribution < 1.29 is 0 Å². The third kappa shape index (κ3) is 5.12. The van der Waals surface area contributed by atoms with Gasteiger partial charge in [-0.25, -0.2) is 0 Å². The number of halogens is 1. The molecule has 0 saturated heterocycles. The fourth-order valence-corrected chi connectivity index (χ4v) is 1.34. The van der Waals surface area contributed by atoms with Crippen molar-refractivity contribution in [3.8, 4) is 0 Å². The Balaban J connectivity index is 2.19. The third-order valence-electron chi connectivity index (χ3n) is 0.244. The molecule has 0 rings (SSSR count). The van der Waals surface area contributed by atoms with Crippen LogP contribution in [0.15, 0.2) is 0 Å². The molecule has 0 aromatic heterocycles. The van der Waals surface area contributed by atoms with Gasteiger partial charge in [0.2, 0.25) is 0 Å². The summed E-state index contributed by atoms with van der Waals surface area (Å²) in [5.74, 6) is 0. The van der Waals surface area contributed by atoms with Gasteiger partial charge in [0.15, 0.2) is 0 Å². The van der Waals surface area contributed by atoms with E-state index in [1.807, 2.05) is 0 Å². The summed E-state index contributed by atoms with van der Waals surface area (Å²) in [6.07, 6.45) is 0.878. The molecule has 0 heterocycles.